The number of nitrogens with one attached hydrogen (secondary N) is 1. The number of amides is 1. The van der Waals surface area contributed by atoms with Crippen LogP contribution in [0.5, 0.6) is 5.75 Å². The van der Waals surface area contributed by atoms with Gasteiger partial charge in [0.05, 0.1) is 12.3 Å². The minimum atomic E-state index is -0.745. The number of pyridine rings is 1. The van der Waals surface area contributed by atoms with Gasteiger partial charge in [0.15, 0.2) is 0 Å². The van der Waals surface area contributed by atoms with E-state index in [-0.39, 0.29) is 5.91 Å². The summed E-state index contributed by atoms with van der Waals surface area (Å²) >= 11 is 0. The van der Waals surface area contributed by atoms with Crippen molar-refractivity contribution in [3.63, 3.8) is 0 Å². The predicted octanol–water partition coefficient (Wildman–Crippen LogP) is 4.17. The quantitative estimate of drug-likeness (QED) is 0.886. The molecule has 0 radical (unpaired) electrons. The second-order valence-electron chi connectivity index (χ2n) is 6.80. The monoisotopic (exact) mass is 342 g/mol. The van der Waals surface area contributed by atoms with E-state index >= 15 is 0 Å². The van der Waals surface area contributed by atoms with Crippen molar-refractivity contribution in [1.82, 2.24) is 4.98 Å². The fraction of sp³-hybridized carbons (Fsp3) is 0.500. The molecule has 0 bridgehead atoms. The van der Waals surface area contributed by atoms with Gasteiger partial charge in [-0.3, -0.25) is 9.78 Å². The van der Waals surface area contributed by atoms with E-state index in [2.05, 4.69) is 17.2 Å². The molecule has 0 unspecified atom stereocenters. The zero-order valence-corrected chi connectivity index (χ0v) is 15.2. The minimum absolute atomic E-state index is 0.0733. The molecule has 1 saturated carbocycles. The van der Waals surface area contributed by atoms with Gasteiger partial charge in [-0.1, -0.05) is 13.3 Å². The first-order valence-corrected chi connectivity index (χ1v) is 8.97. The Bertz CT molecular complexity index is 762. The number of nitrogens with zero attached hydrogens (tertiary/aromatic N) is 1. The van der Waals surface area contributed by atoms with E-state index < -0.39 is 5.60 Å². The summed E-state index contributed by atoms with van der Waals surface area (Å²) in [5, 5.41) is 3.95. The average molecular weight is 342 g/mol. The van der Waals surface area contributed by atoms with Crippen molar-refractivity contribution in [2.24, 2.45) is 5.92 Å². The molecule has 1 aliphatic rings. The molecule has 134 valence electrons. The third kappa shape index (κ3) is 3.47. The zero-order chi connectivity index (χ0) is 17.9. The van der Waals surface area contributed by atoms with Crippen molar-refractivity contribution in [3.05, 3.63) is 30.5 Å². The third-order valence-electron chi connectivity index (χ3n) is 5.04. The SMILES string of the molecule is CCOc1ccc(NC(=O)[C@@]2(OC)CCC[C@@H](C)C2)c2cccnc12. The summed E-state index contributed by atoms with van der Waals surface area (Å²) in [4.78, 5) is 17.5. The number of anilines is 1. The van der Waals surface area contributed by atoms with Crippen LogP contribution in [0.25, 0.3) is 10.9 Å². The molecule has 0 aliphatic heterocycles. The lowest BCUT2D eigenvalue weighted by molar-refractivity contribution is -0.143. The van der Waals surface area contributed by atoms with Crippen molar-refractivity contribution in [2.45, 2.75) is 45.1 Å². The number of hydrogen-bond acceptors (Lipinski definition) is 4. The third-order valence-corrected chi connectivity index (χ3v) is 5.04. The van der Waals surface area contributed by atoms with E-state index in [0.717, 1.165) is 48.0 Å². The van der Waals surface area contributed by atoms with Gasteiger partial charge < -0.3 is 14.8 Å². The van der Waals surface area contributed by atoms with Crippen LogP contribution in [0.4, 0.5) is 5.69 Å². The molecule has 25 heavy (non-hydrogen) atoms. The maximum Gasteiger partial charge on any atom is 0.256 e. The molecule has 5 nitrogen and oxygen atoms in total. The molecular weight excluding hydrogens is 316 g/mol. The molecular formula is C20H26N2O3. The molecule has 5 heteroatoms. The van der Waals surface area contributed by atoms with Crippen LogP contribution in [-0.4, -0.2) is 30.2 Å². The molecule has 0 spiro atoms. The molecule has 2 aromatic rings. The number of fused-ring (bicyclic) bond motifs is 1. The van der Waals surface area contributed by atoms with E-state index in [1.165, 1.54) is 0 Å². The van der Waals surface area contributed by atoms with E-state index in [9.17, 15) is 4.79 Å². The molecule has 0 saturated heterocycles. The van der Waals surface area contributed by atoms with Gasteiger partial charge in [-0.15, -0.1) is 0 Å². The molecule has 1 aromatic heterocycles. The highest BCUT2D eigenvalue weighted by atomic mass is 16.5. The van der Waals surface area contributed by atoms with E-state index in [1.54, 1.807) is 13.3 Å². The molecule has 2 atom stereocenters. The van der Waals surface area contributed by atoms with Crippen LogP contribution < -0.4 is 10.1 Å². The number of aromatic nitrogens is 1. The zero-order valence-electron chi connectivity index (χ0n) is 15.2. The summed E-state index contributed by atoms with van der Waals surface area (Å²) in [6, 6.07) is 7.55. The first-order chi connectivity index (χ1) is 12.1. The van der Waals surface area contributed by atoms with E-state index in [4.69, 9.17) is 9.47 Å². The van der Waals surface area contributed by atoms with Crippen molar-refractivity contribution in [1.29, 1.82) is 0 Å². The fourth-order valence-electron chi connectivity index (χ4n) is 3.75. The molecule has 1 amide bonds. The maximum atomic E-state index is 13.0. The number of hydrogen-bond donors (Lipinski definition) is 1. The number of ether oxygens (including phenoxy) is 2. The van der Waals surface area contributed by atoms with Crippen LogP contribution in [0, 0.1) is 5.92 Å². The highest BCUT2D eigenvalue weighted by molar-refractivity contribution is 6.05. The Kier molecular flexibility index (Phi) is 5.23. The number of rotatable bonds is 5. The number of benzene rings is 1. The minimum Gasteiger partial charge on any atom is -0.492 e. The normalized spacial score (nSPS) is 23.4. The molecule has 1 heterocycles. The number of methoxy groups -OCH3 is 1. The van der Waals surface area contributed by atoms with Crippen LogP contribution >= 0.6 is 0 Å². The summed E-state index contributed by atoms with van der Waals surface area (Å²) in [6.45, 7) is 4.69. The van der Waals surface area contributed by atoms with E-state index in [1.807, 2.05) is 31.2 Å². The highest BCUT2D eigenvalue weighted by Crippen LogP contribution is 2.37. The van der Waals surface area contributed by atoms with Gasteiger partial charge in [0.2, 0.25) is 0 Å². The van der Waals surface area contributed by atoms with Crippen LogP contribution in [0.1, 0.15) is 39.5 Å². The largest absolute Gasteiger partial charge is 0.492 e. The van der Waals surface area contributed by atoms with Crippen LogP contribution in [0.3, 0.4) is 0 Å². The Labute approximate surface area is 148 Å². The van der Waals surface area contributed by atoms with Crippen LogP contribution in [0.2, 0.25) is 0 Å². The summed E-state index contributed by atoms with van der Waals surface area (Å²) in [6.07, 6.45) is 5.40. The molecule has 1 fully saturated rings. The van der Waals surface area contributed by atoms with Crippen LogP contribution in [0.15, 0.2) is 30.5 Å². The molecule has 3 rings (SSSR count). The number of carbonyl (C=O) groups excluding carboxylic acids is 1. The second kappa shape index (κ2) is 7.40. The lowest BCUT2D eigenvalue weighted by Gasteiger charge is -2.37. The lowest BCUT2D eigenvalue weighted by atomic mass is 9.78. The van der Waals surface area contributed by atoms with Crippen molar-refractivity contribution in [3.8, 4) is 5.75 Å². The van der Waals surface area contributed by atoms with Gasteiger partial charge in [0.25, 0.3) is 5.91 Å². The summed E-state index contributed by atoms with van der Waals surface area (Å²) in [7, 11) is 1.63. The highest BCUT2D eigenvalue weighted by Gasteiger charge is 2.42. The Balaban J connectivity index is 1.92. The molecule has 1 aliphatic carbocycles. The first kappa shape index (κ1) is 17.7. The molecule has 1 N–H and O–H groups in total. The lowest BCUT2D eigenvalue weighted by Crippen LogP contribution is -2.47. The topological polar surface area (TPSA) is 60.5 Å². The summed E-state index contributed by atoms with van der Waals surface area (Å²) < 4.78 is 11.4. The van der Waals surface area contributed by atoms with Crippen molar-refractivity contribution in [2.75, 3.05) is 19.0 Å². The van der Waals surface area contributed by atoms with Crippen molar-refractivity contribution < 1.29 is 14.3 Å². The summed E-state index contributed by atoms with van der Waals surface area (Å²) in [5.41, 5.74) is 0.752. The average Bonchev–Trinajstić information content (AvgIpc) is 2.63. The standard InChI is InChI=1S/C20H26N2O3/c1-4-25-17-10-9-16(15-8-6-12-21-18(15)17)22-19(23)20(24-3)11-5-7-14(2)13-20/h6,8-10,12,14H,4-5,7,11,13H2,1-3H3,(H,22,23)/t14-,20-/m1/s1. The smallest absolute Gasteiger partial charge is 0.256 e. The van der Waals surface area contributed by atoms with Gasteiger partial charge in [0.1, 0.15) is 16.9 Å². The van der Waals surface area contributed by atoms with Gasteiger partial charge in [-0.05, 0) is 56.4 Å². The van der Waals surface area contributed by atoms with Gasteiger partial charge in [-0.2, -0.15) is 0 Å². The van der Waals surface area contributed by atoms with E-state index in [0.29, 0.717) is 12.5 Å². The van der Waals surface area contributed by atoms with Gasteiger partial charge in [-0.25, -0.2) is 0 Å². The number of carbonyl (C=O) groups is 1. The molecule has 1 aromatic carbocycles. The van der Waals surface area contributed by atoms with Gasteiger partial charge >= 0.3 is 0 Å². The predicted molar refractivity (Wildman–Crippen MR) is 98.9 cm³/mol. The summed E-state index contributed by atoms with van der Waals surface area (Å²) in [5.74, 6) is 1.14. The van der Waals surface area contributed by atoms with Gasteiger partial charge in [0, 0.05) is 18.7 Å². The first-order valence-electron chi connectivity index (χ1n) is 8.97. The Morgan fingerprint density at radius 2 is 2.24 bits per heavy atom. The van der Waals surface area contributed by atoms with Crippen molar-refractivity contribution >= 4 is 22.5 Å². The second-order valence-corrected chi connectivity index (χ2v) is 6.80. The Morgan fingerprint density at radius 3 is 2.96 bits per heavy atom. The Hall–Kier alpha value is -2.14. The Morgan fingerprint density at radius 1 is 1.40 bits per heavy atom. The fourth-order valence-corrected chi connectivity index (χ4v) is 3.75. The van der Waals surface area contributed by atoms with Crippen LogP contribution in [-0.2, 0) is 9.53 Å². The maximum absolute atomic E-state index is 13.0.